The van der Waals surface area contributed by atoms with Gasteiger partial charge in [0.15, 0.2) is 0 Å². The van der Waals surface area contributed by atoms with Crippen molar-refractivity contribution in [2.75, 3.05) is 39.3 Å². The van der Waals surface area contributed by atoms with Crippen LogP contribution >= 0.6 is 0 Å². The van der Waals surface area contributed by atoms with Gasteiger partial charge in [-0.2, -0.15) is 0 Å². The van der Waals surface area contributed by atoms with Gasteiger partial charge in [0.1, 0.15) is 11.9 Å². The van der Waals surface area contributed by atoms with Gasteiger partial charge in [-0.15, -0.1) is 0 Å². The Kier molecular flexibility index (Phi) is 5.21. The Morgan fingerprint density at radius 2 is 2.16 bits per heavy atom. The van der Waals surface area contributed by atoms with Crippen LogP contribution in [0.4, 0.5) is 0 Å². The van der Waals surface area contributed by atoms with E-state index in [0.717, 1.165) is 6.54 Å². The minimum Gasteiger partial charge on any atom is -0.388 e. The summed E-state index contributed by atoms with van der Waals surface area (Å²) < 4.78 is 5.78. The van der Waals surface area contributed by atoms with Crippen LogP contribution in [0.3, 0.4) is 0 Å². The number of hydrogen-bond acceptors (Lipinski definition) is 6. The third kappa shape index (κ3) is 4.45. The Balaban J connectivity index is 1.62. The lowest BCUT2D eigenvalue weighted by Gasteiger charge is -2.42. The average Bonchev–Trinajstić information content (AvgIpc) is 2.54. The van der Waals surface area contributed by atoms with Gasteiger partial charge < -0.3 is 19.7 Å². The Bertz CT molecular complexity index is 681. The SMILES string of the molecule is CC(=O)N1CCC(O)(CN2CCO[C@@H](c3cc(=O)[nH]c(C)n3)C2)CC1. The van der Waals surface area contributed by atoms with E-state index in [1.165, 1.54) is 6.07 Å². The minimum absolute atomic E-state index is 0.0595. The van der Waals surface area contributed by atoms with Gasteiger partial charge in [0.2, 0.25) is 5.91 Å². The first-order valence-corrected chi connectivity index (χ1v) is 8.74. The van der Waals surface area contributed by atoms with E-state index in [1.807, 2.05) is 0 Å². The van der Waals surface area contributed by atoms with E-state index in [4.69, 9.17) is 4.74 Å². The molecule has 8 nitrogen and oxygen atoms in total. The first-order valence-electron chi connectivity index (χ1n) is 8.74. The molecule has 2 fully saturated rings. The van der Waals surface area contributed by atoms with Crippen LogP contribution in [0.15, 0.2) is 10.9 Å². The highest BCUT2D eigenvalue weighted by atomic mass is 16.5. The van der Waals surface area contributed by atoms with Crippen molar-refractivity contribution < 1.29 is 14.6 Å². The zero-order valence-electron chi connectivity index (χ0n) is 14.8. The summed E-state index contributed by atoms with van der Waals surface area (Å²) in [4.78, 5) is 34.0. The quantitative estimate of drug-likeness (QED) is 0.785. The predicted molar refractivity (Wildman–Crippen MR) is 91.2 cm³/mol. The highest BCUT2D eigenvalue weighted by Gasteiger charge is 2.36. The van der Waals surface area contributed by atoms with Crippen LogP contribution in [0.25, 0.3) is 0 Å². The standard InChI is InChI=1S/C17H26N4O4/c1-12-18-14(9-16(23)19-12)15-10-20(7-8-25-15)11-17(24)3-5-21(6-4-17)13(2)22/h9,15,24H,3-8,10-11H2,1-2H3,(H,18,19,23)/t15-/m1/s1. The second kappa shape index (κ2) is 7.23. The molecule has 1 aromatic heterocycles. The minimum atomic E-state index is -0.786. The van der Waals surface area contributed by atoms with E-state index in [9.17, 15) is 14.7 Å². The maximum absolute atomic E-state index is 11.7. The molecule has 138 valence electrons. The summed E-state index contributed by atoms with van der Waals surface area (Å²) in [5.41, 5.74) is -0.339. The highest BCUT2D eigenvalue weighted by Crippen LogP contribution is 2.26. The Morgan fingerprint density at radius 3 is 2.80 bits per heavy atom. The number of piperidine rings is 1. The molecular formula is C17H26N4O4. The molecule has 1 aromatic rings. The van der Waals surface area contributed by atoms with Gasteiger partial charge in [-0.25, -0.2) is 4.98 Å². The van der Waals surface area contributed by atoms with Gasteiger partial charge >= 0.3 is 0 Å². The number of likely N-dealkylation sites (tertiary alicyclic amines) is 1. The number of ether oxygens (including phenoxy) is 1. The average molecular weight is 350 g/mol. The molecule has 1 atom stereocenters. The molecule has 2 aliphatic rings. The third-order valence-corrected chi connectivity index (χ3v) is 5.02. The van der Waals surface area contributed by atoms with E-state index >= 15 is 0 Å². The molecule has 0 radical (unpaired) electrons. The fourth-order valence-electron chi connectivity index (χ4n) is 3.60. The number of nitrogens with zero attached hydrogens (tertiary/aromatic N) is 3. The molecule has 0 saturated carbocycles. The molecule has 0 unspecified atom stereocenters. The number of morpholine rings is 1. The Hall–Kier alpha value is -1.77. The molecule has 0 aliphatic carbocycles. The smallest absolute Gasteiger partial charge is 0.251 e. The molecule has 2 saturated heterocycles. The van der Waals surface area contributed by atoms with Crippen LogP contribution in [0.1, 0.15) is 37.4 Å². The third-order valence-electron chi connectivity index (χ3n) is 5.02. The Labute approximate surface area is 146 Å². The van der Waals surface area contributed by atoms with Gasteiger partial charge in [0.05, 0.1) is 17.9 Å². The van der Waals surface area contributed by atoms with Crippen molar-refractivity contribution in [1.29, 1.82) is 0 Å². The molecule has 25 heavy (non-hydrogen) atoms. The summed E-state index contributed by atoms with van der Waals surface area (Å²) in [5, 5.41) is 10.9. The van der Waals surface area contributed by atoms with Crippen molar-refractivity contribution >= 4 is 5.91 Å². The zero-order chi connectivity index (χ0) is 18.0. The van der Waals surface area contributed by atoms with Crippen molar-refractivity contribution in [1.82, 2.24) is 19.8 Å². The molecule has 0 spiro atoms. The number of aryl methyl sites for hydroxylation is 1. The first-order chi connectivity index (χ1) is 11.8. The summed E-state index contributed by atoms with van der Waals surface area (Å²) in [7, 11) is 0. The molecule has 0 bridgehead atoms. The van der Waals surface area contributed by atoms with Crippen LogP contribution in [0.5, 0.6) is 0 Å². The second-order valence-electron chi connectivity index (χ2n) is 7.08. The normalized spacial score (nSPS) is 24.3. The molecule has 2 aliphatic heterocycles. The van der Waals surface area contributed by atoms with Gasteiger partial charge in [-0.05, 0) is 19.8 Å². The number of β-amino-alcohol motifs (C(OH)–C–C–N with tert-alkyl or cyclic N) is 1. The fourth-order valence-corrected chi connectivity index (χ4v) is 3.60. The Morgan fingerprint density at radius 1 is 1.44 bits per heavy atom. The van der Waals surface area contributed by atoms with Gasteiger partial charge in [-0.1, -0.05) is 0 Å². The van der Waals surface area contributed by atoms with Crippen LogP contribution < -0.4 is 5.56 Å². The fraction of sp³-hybridized carbons (Fsp3) is 0.706. The molecule has 2 N–H and O–H groups in total. The van der Waals surface area contributed by atoms with Crippen LogP contribution in [-0.4, -0.2) is 75.7 Å². The first kappa shape index (κ1) is 18.0. The number of carbonyl (C=O) groups excluding carboxylic acids is 1. The predicted octanol–water partition coefficient (Wildman–Crippen LogP) is -0.175. The van der Waals surface area contributed by atoms with Crippen molar-refractivity contribution in [3.05, 3.63) is 27.9 Å². The number of aromatic nitrogens is 2. The highest BCUT2D eigenvalue weighted by molar-refractivity contribution is 5.73. The second-order valence-corrected chi connectivity index (χ2v) is 7.08. The van der Waals surface area contributed by atoms with Crippen molar-refractivity contribution in [3.63, 3.8) is 0 Å². The summed E-state index contributed by atoms with van der Waals surface area (Å²) in [6.07, 6.45) is 0.893. The molecule has 8 heteroatoms. The van der Waals surface area contributed by atoms with Crippen molar-refractivity contribution in [3.8, 4) is 0 Å². The maximum Gasteiger partial charge on any atom is 0.251 e. The van der Waals surface area contributed by atoms with Gasteiger partial charge in [0, 0.05) is 45.7 Å². The monoisotopic (exact) mass is 350 g/mol. The summed E-state index contributed by atoms with van der Waals surface area (Å²) >= 11 is 0. The molecule has 3 heterocycles. The summed E-state index contributed by atoms with van der Waals surface area (Å²) in [5.74, 6) is 0.627. The number of hydrogen-bond donors (Lipinski definition) is 2. The summed E-state index contributed by atoms with van der Waals surface area (Å²) in [6, 6.07) is 1.47. The number of rotatable bonds is 3. The van der Waals surface area contributed by atoms with Crippen LogP contribution in [0, 0.1) is 6.92 Å². The van der Waals surface area contributed by atoms with E-state index in [0.29, 0.717) is 57.1 Å². The lowest BCUT2D eigenvalue weighted by molar-refractivity contribution is -0.134. The van der Waals surface area contributed by atoms with E-state index in [2.05, 4.69) is 14.9 Å². The number of amides is 1. The lowest BCUT2D eigenvalue weighted by Crippen LogP contribution is -2.53. The number of nitrogens with one attached hydrogen (secondary N) is 1. The molecule has 1 amide bonds. The number of aliphatic hydroxyl groups is 1. The zero-order valence-corrected chi connectivity index (χ0v) is 14.8. The van der Waals surface area contributed by atoms with E-state index < -0.39 is 5.60 Å². The lowest BCUT2D eigenvalue weighted by atomic mass is 9.90. The maximum atomic E-state index is 11.7. The number of aromatic amines is 1. The molecule has 0 aromatic carbocycles. The van der Waals surface area contributed by atoms with Crippen LogP contribution in [-0.2, 0) is 9.53 Å². The summed E-state index contributed by atoms with van der Waals surface area (Å²) in [6.45, 7) is 6.90. The van der Waals surface area contributed by atoms with Crippen molar-refractivity contribution in [2.45, 2.75) is 38.4 Å². The van der Waals surface area contributed by atoms with Crippen molar-refractivity contribution in [2.24, 2.45) is 0 Å². The number of H-pyrrole nitrogens is 1. The van der Waals surface area contributed by atoms with Crippen LogP contribution in [0.2, 0.25) is 0 Å². The number of carbonyl (C=O) groups is 1. The topological polar surface area (TPSA) is 98.8 Å². The van der Waals surface area contributed by atoms with E-state index in [1.54, 1.807) is 18.7 Å². The largest absolute Gasteiger partial charge is 0.388 e. The molecular weight excluding hydrogens is 324 g/mol. The van der Waals surface area contributed by atoms with E-state index in [-0.39, 0.29) is 17.6 Å². The van der Waals surface area contributed by atoms with Gasteiger partial charge in [0.25, 0.3) is 5.56 Å². The molecule has 3 rings (SSSR count). The van der Waals surface area contributed by atoms with Gasteiger partial charge in [-0.3, -0.25) is 14.5 Å².